The molecule has 1 aromatic heterocycles. The van der Waals surface area contributed by atoms with Crippen molar-refractivity contribution >= 4 is 5.97 Å². The summed E-state index contributed by atoms with van der Waals surface area (Å²) in [6.07, 6.45) is -9.34. The number of carbonyl (C=O) groups excluding carboxylic acids is 1. The van der Waals surface area contributed by atoms with Crippen LogP contribution >= 0.6 is 0 Å². The summed E-state index contributed by atoms with van der Waals surface area (Å²) >= 11 is 0. The van der Waals surface area contributed by atoms with E-state index in [0.29, 0.717) is 6.07 Å². The summed E-state index contributed by atoms with van der Waals surface area (Å²) in [7, 11) is 0. The van der Waals surface area contributed by atoms with Crippen molar-refractivity contribution in [2.75, 3.05) is 6.61 Å². The molecular weight excluding hydrogens is 289 g/mol. The molecule has 1 heterocycles. The number of hydrogen-bond donors (Lipinski definition) is 1. The van der Waals surface area contributed by atoms with Crippen LogP contribution in [0.4, 0.5) is 22.0 Å². The monoisotopic (exact) mass is 299 g/mol. The van der Waals surface area contributed by atoms with Gasteiger partial charge in [-0.2, -0.15) is 13.2 Å². The van der Waals surface area contributed by atoms with Crippen LogP contribution < -0.4 is 5.56 Å². The molecule has 112 valence electrons. The van der Waals surface area contributed by atoms with Crippen LogP contribution in [-0.2, 0) is 22.1 Å². The van der Waals surface area contributed by atoms with Crippen LogP contribution in [0.5, 0.6) is 0 Å². The van der Waals surface area contributed by atoms with Gasteiger partial charge in [0.15, 0.2) is 0 Å². The second-order valence-corrected chi connectivity index (χ2v) is 3.73. The minimum absolute atomic E-state index is 0.00428. The first-order valence-corrected chi connectivity index (χ1v) is 5.43. The Morgan fingerprint density at radius 3 is 2.45 bits per heavy atom. The number of aromatic nitrogens is 1. The van der Waals surface area contributed by atoms with Crippen molar-refractivity contribution in [2.45, 2.75) is 25.9 Å². The first-order valence-electron chi connectivity index (χ1n) is 5.43. The number of H-pyrrole nitrogens is 1. The second kappa shape index (κ2) is 6.02. The van der Waals surface area contributed by atoms with E-state index in [1.165, 1.54) is 6.92 Å². The first-order chi connectivity index (χ1) is 9.16. The van der Waals surface area contributed by atoms with Gasteiger partial charge >= 0.3 is 12.1 Å². The molecule has 0 fully saturated rings. The van der Waals surface area contributed by atoms with Gasteiger partial charge in [-0.15, -0.1) is 0 Å². The van der Waals surface area contributed by atoms with Crippen molar-refractivity contribution in [3.05, 3.63) is 33.2 Å². The lowest BCUT2D eigenvalue weighted by atomic mass is 10.1. The highest BCUT2D eigenvalue weighted by atomic mass is 19.4. The van der Waals surface area contributed by atoms with Gasteiger partial charge in [0, 0.05) is 5.69 Å². The second-order valence-electron chi connectivity index (χ2n) is 3.73. The number of rotatable bonds is 4. The van der Waals surface area contributed by atoms with Crippen molar-refractivity contribution in [3.8, 4) is 0 Å². The number of esters is 1. The van der Waals surface area contributed by atoms with E-state index in [2.05, 4.69) is 4.74 Å². The maximum Gasteiger partial charge on any atom is 0.417 e. The summed E-state index contributed by atoms with van der Waals surface area (Å²) < 4.78 is 67.5. The average molecular weight is 299 g/mol. The molecule has 0 amide bonds. The summed E-state index contributed by atoms with van der Waals surface area (Å²) in [5.41, 5.74) is -5.43. The molecule has 1 N–H and O–H groups in total. The third-order valence-electron chi connectivity index (χ3n) is 2.29. The van der Waals surface area contributed by atoms with E-state index in [-0.39, 0.29) is 6.61 Å². The van der Waals surface area contributed by atoms with E-state index in [1.54, 1.807) is 0 Å². The van der Waals surface area contributed by atoms with Crippen LogP contribution in [0.15, 0.2) is 10.9 Å². The zero-order valence-electron chi connectivity index (χ0n) is 10.2. The minimum Gasteiger partial charge on any atom is -0.466 e. The average Bonchev–Trinajstić information content (AvgIpc) is 2.26. The number of halogens is 5. The highest BCUT2D eigenvalue weighted by Gasteiger charge is 2.38. The minimum atomic E-state index is -5.12. The van der Waals surface area contributed by atoms with Crippen LogP contribution in [0.1, 0.15) is 30.2 Å². The summed E-state index contributed by atoms with van der Waals surface area (Å²) in [5.74, 6) is -0.874. The molecule has 0 saturated carbocycles. The third-order valence-corrected chi connectivity index (χ3v) is 2.29. The molecule has 9 heteroatoms. The number of pyridine rings is 1. The van der Waals surface area contributed by atoms with Gasteiger partial charge in [-0.05, 0) is 13.0 Å². The first kappa shape index (κ1) is 16.1. The van der Waals surface area contributed by atoms with Crippen molar-refractivity contribution in [3.63, 3.8) is 0 Å². The maximum atomic E-state index is 12.7. The molecule has 0 aromatic carbocycles. The number of aromatic amines is 1. The fraction of sp³-hybridized carbons (Fsp3) is 0.455. The van der Waals surface area contributed by atoms with Gasteiger partial charge in [-0.1, -0.05) is 0 Å². The number of ether oxygens (including phenoxy) is 1. The predicted octanol–water partition coefficient (Wildman–Crippen LogP) is 2.44. The van der Waals surface area contributed by atoms with Crippen LogP contribution in [0.2, 0.25) is 0 Å². The van der Waals surface area contributed by atoms with Gasteiger partial charge in [0.2, 0.25) is 0 Å². The fourth-order valence-electron chi connectivity index (χ4n) is 1.54. The van der Waals surface area contributed by atoms with Gasteiger partial charge in [0.05, 0.1) is 24.2 Å². The van der Waals surface area contributed by atoms with E-state index in [1.807, 2.05) is 4.98 Å². The Kier molecular flexibility index (Phi) is 4.85. The Bertz CT molecular complexity index is 550. The smallest absolute Gasteiger partial charge is 0.417 e. The van der Waals surface area contributed by atoms with Gasteiger partial charge in [0.25, 0.3) is 12.0 Å². The molecule has 0 radical (unpaired) electrons. The molecule has 0 aliphatic rings. The lowest BCUT2D eigenvalue weighted by Crippen LogP contribution is -2.24. The molecule has 0 saturated heterocycles. The van der Waals surface area contributed by atoms with Crippen molar-refractivity contribution in [1.29, 1.82) is 0 Å². The Hall–Kier alpha value is -1.93. The molecular formula is C11H10F5NO3. The van der Waals surface area contributed by atoms with Gasteiger partial charge in [-0.3, -0.25) is 9.59 Å². The summed E-state index contributed by atoms with van der Waals surface area (Å²) in [4.78, 5) is 24.3. The normalized spacial score (nSPS) is 11.8. The van der Waals surface area contributed by atoms with Gasteiger partial charge in [-0.25, -0.2) is 8.78 Å². The van der Waals surface area contributed by atoms with E-state index >= 15 is 0 Å². The maximum absolute atomic E-state index is 12.7. The van der Waals surface area contributed by atoms with Crippen LogP contribution in [-0.4, -0.2) is 17.6 Å². The molecule has 0 bridgehead atoms. The van der Waals surface area contributed by atoms with Gasteiger partial charge in [0.1, 0.15) is 0 Å². The van der Waals surface area contributed by atoms with Crippen molar-refractivity contribution in [2.24, 2.45) is 0 Å². The van der Waals surface area contributed by atoms with Crippen molar-refractivity contribution in [1.82, 2.24) is 4.98 Å². The molecule has 1 rings (SSSR count). The molecule has 0 spiro atoms. The van der Waals surface area contributed by atoms with E-state index < -0.39 is 47.4 Å². The molecule has 1 aromatic rings. The van der Waals surface area contributed by atoms with Crippen LogP contribution in [0.25, 0.3) is 0 Å². The highest BCUT2D eigenvalue weighted by Crippen LogP contribution is 2.34. The van der Waals surface area contributed by atoms with E-state index in [4.69, 9.17) is 0 Å². The lowest BCUT2D eigenvalue weighted by Gasteiger charge is -2.13. The Balaban J connectivity index is 3.29. The number of alkyl halides is 5. The Morgan fingerprint density at radius 1 is 1.40 bits per heavy atom. The summed E-state index contributed by atoms with van der Waals surface area (Å²) in [6, 6.07) is 0.319. The van der Waals surface area contributed by atoms with Crippen LogP contribution in [0.3, 0.4) is 0 Å². The topological polar surface area (TPSA) is 59.2 Å². The zero-order valence-corrected chi connectivity index (χ0v) is 10.2. The Labute approximate surface area is 109 Å². The highest BCUT2D eigenvalue weighted by molar-refractivity contribution is 5.72. The van der Waals surface area contributed by atoms with Crippen LogP contribution in [0, 0.1) is 0 Å². The SMILES string of the molecule is CCOC(=O)Cc1cc(C(F)(F)F)c(C(F)F)c(=O)[nH]1. The number of nitrogens with one attached hydrogen (secondary N) is 1. The predicted molar refractivity (Wildman–Crippen MR) is 57.4 cm³/mol. The number of hydrogen-bond acceptors (Lipinski definition) is 3. The standard InChI is InChI=1S/C11H10F5NO3/c1-2-20-7(18)4-5-3-6(11(14,15)16)8(9(12)13)10(19)17-5/h3,9H,2,4H2,1H3,(H,17,19). The Morgan fingerprint density at radius 2 is 2.00 bits per heavy atom. The van der Waals surface area contributed by atoms with E-state index in [0.717, 1.165) is 0 Å². The molecule has 20 heavy (non-hydrogen) atoms. The van der Waals surface area contributed by atoms with Crippen molar-refractivity contribution < 1.29 is 31.5 Å². The zero-order chi connectivity index (χ0) is 15.5. The fourth-order valence-corrected chi connectivity index (χ4v) is 1.54. The quantitative estimate of drug-likeness (QED) is 0.686. The third kappa shape index (κ3) is 3.78. The summed E-state index contributed by atoms with van der Waals surface area (Å²) in [6.45, 7) is 1.49. The molecule has 0 unspecified atom stereocenters. The largest absolute Gasteiger partial charge is 0.466 e. The number of carbonyl (C=O) groups is 1. The molecule has 0 aliphatic carbocycles. The van der Waals surface area contributed by atoms with Gasteiger partial charge < -0.3 is 9.72 Å². The molecule has 0 atom stereocenters. The lowest BCUT2D eigenvalue weighted by molar-refractivity contribution is -0.143. The molecule has 4 nitrogen and oxygen atoms in total. The van der Waals surface area contributed by atoms with E-state index in [9.17, 15) is 31.5 Å². The summed E-state index contributed by atoms with van der Waals surface area (Å²) in [5, 5.41) is 0. The molecule has 0 aliphatic heterocycles.